The minimum absolute atomic E-state index is 0.0599. The van der Waals surface area contributed by atoms with E-state index in [2.05, 4.69) is 35.6 Å². The van der Waals surface area contributed by atoms with Crippen molar-refractivity contribution in [2.45, 2.75) is 24.5 Å². The third-order valence-corrected chi connectivity index (χ3v) is 6.32. The summed E-state index contributed by atoms with van der Waals surface area (Å²) in [5.74, 6) is -0.234. The van der Waals surface area contributed by atoms with E-state index in [9.17, 15) is 34.3 Å². The number of nitrogens with two attached hydrogens (primary N) is 1. The summed E-state index contributed by atoms with van der Waals surface area (Å²) < 4.78 is 25.9. The Morgan fingerprint density at radius 3 is 2.71 bits per heavy atom. The van der Waals surface area contributed by atoms with Gasteiger partial charge in [0.15, 0.2) is 17.4 Å². The van der Waals surface area contributed by atoms with Gasteiger partial charge in [-0.05, 0) is 0 Å². The van der Waals surface area contributed by atoms with Gasteiger partial charge in [-0.25, -0.2) is 4.98 Å². The highest BCUT2D eigenvalue weighted by Gasteiger charge is 2.45. The van der Waals surface area contributed by atoms with Crippen LogP contribution in [0.15, 0.2) is 11.1 Å². The lowest BCUT2D eigenvalue weighted by Gasteiger charge is -2.39. The second-order valence-electron chi connectivity index (χ2n) is 5.59. The number of aromatic amines is 1. The Bertz CT molecular complexity index is 1040. The number of hydrogen-bond donors (Lipinski definition) is 4. The molecule has 3 rings (SSSR count). The van der Waals surface area contributed by atoms with Gasteiger partial charge in [0.2, 0.25) is 5.95 Å². The number of phosphoric ester groups is 1. The fraction of sp³-hybridized carbons (Fsp3) is 0.500. The van der Waals surface area contributed by atoms with E-state index in [1.54, 1.807) is 0 Å². The molecule has 0 aromatic carbocycles. The second kappa shape index (κ2) is 7.51. The van der Waals surface area contributed by atoms with E-state index >= 15 is 0 Å². The molecule has 0 spiro atoms. The molecule has 5 unspecified atom stereocenters. The predicted octanol–water partition coefficient (Wildman–Crippen LogP) is -4.23. The van der Waals surface area contributed by atoms with Crippen molar-refractivity contribution in [2.24, 2.45) is 0 Å². The van der Waals surface area contributed by atoms with Crippen LogP contribution in [0.2, 0.25) is 0 Å². The minimum atomic E-state index is -5.34. The fourth-order valence-electron chi connectivity index (χ4n) is 2.54. The fourth-order valence-corrected chi connectivity index (χ4v) is 4.77. The molecule has 5 atom stereocenters. The van der Waals surface area contributed by atoms with Crippen LogP contribution < -0.4 is 26.0 Å². The maximum Gasteiger partial charge on any atom is 0.280 e. The number of aromatic nitrogens is 4. The Labute approximate surface area is 160 Å². The average Bonchev–Trinajstić information content (AvgIpc) is 3.06. The van der Waals surface area contributed by atoms with E-state index in [1.807, 2.05) is 0 Å². The van der Waals surface area contributed by atoms with Gasteiger partial charge >= 0.3 is 0 Å². The van der Waals surface area contributed by atoms with Gasteiger partial charge in [-0.3, -0.25) is 18.9 Å². The monoisotopic (exact) mass is 456 g/mol. The first kappa shape index (κ1) is 21.4. The van der Waals surface area contributed by atoms with Crippen LogP contribution in [0, 0.1) is 0 Å². The zero-order valence-electron chi connectivity index (χ0n) is 13.5. The van der Waals surface area contributed by atoms with Crippen LogP contribution in [0.4, 0.5) is 5.95 Å². The van der Waals surface area contributed by atoms with Crippen molar-refractivity contribution in [2.75, 3.05) is 12.3 Å². The van der Waals surface area contributed by atoms with Gasteiger partial charge < -0.3 is 44.2 Å². The summed E-state index contributed by atoms with van der Waals surface area (Å²) in [6.45, 7) is -5.94. The van der Waals surface area contributed by atoms with E-state index in [0.717, 1.165) is 10.9 Å². The number of rotatable bonds is 6. The van der Waals surface area contributed by atoms with Crippen LogP contribution >= 0.6 is 14.5 Å². The first-order valence-corrected chi connectivity index (χ1v) is 11.3. The van der Waals surface area contributed by atoms with Gasteiger partial charge in [-0.2, -0.15) is 4.98 Å². The predicted molar refractivity (Wildman–Crippen MR) is 87.4 cm³/mol. The molecule has 0 aliphatic carbocycles. The number of fused-ring (bicyclic) bond motifs is 1. The molecule has 0 saturated carbocycles. The van der Waals surface area contributed by atoms with Gasteiger partial charge in [0.25, 0.3) is 13.4 Å². The van der Waals surface area contributed by atoms with Crippen molar-refractivity contribution in [3.63, 3.8) is 0 Å². The topological polar surface area (TPSA) is 244 Å². The van der Waals surface area contributed by atoms with Gasteiger partial charge in [0, 0.05) is 0 Å². The van der Waals surface area contributed by atoms with Crippen molar-refractivity contribution >= 4 is 43.5 Å². The van der Waals surface area contributed by atoms with Crippen LogP contribution in [0.1, 0.15) is 6.23 Å². The lowest BCUT2D eigenvalue weighted by Crippen LogP contribution is -2.34. The van der Waals surface area contributed by atoms with E-state index in [0.29, 0.717) is 0 Å². The largest absolute Gasteiger partial charge is 0.812 e. The van der Waals surface area contributed by atoms with Crippen LogP contribution in [0.25, 0.3) is 11.2 Å². The summed E-state index contributed by atoms with van der Waals surface area (Å²) >= 11 is 3.81. The van der Waals surface area contributed by atoms with Crippen LogP contribution in [-0.4, -0.2) is 54.7 Å². The van der Waals surface area contributed by atoms with Crippen LogP contribution in [0.5, 0.6) is 0 Å². The highest BCUT2D eigenvalue weighted by Crippen LogP contribution is 2.51. The molecule has 1 aliphatic heterocycles. The lowest BCUT2D eigenvalue weighted by atomic mass is 10.1. The van der Waals surface area contributed by atoms with Crippen molar-refractivity contribution in [1.82, 2.24) is 19.5 Å². The summed E-state index contributed by atoms with van der Waals surface area (Å²) in [5.41, 5.74) is 4.64. The van der Waals surface area contributed by atoms with E-state index in [-0.39, 0.29) is 17.1 Å². The Balaban J connectivity index is 1.79. The highest BCUT2D eigenvalue weighted by molar-refractivity contribution is 8.06. The number of aliphatic hydroxyl groups is 2. The number of H-pyrrole nitrogens is 1. The highest BCUT2D eigenvalue weighted by atomic mass is 32.5. The van der Waals surface area contributed by atoms with Crippen molar-refractivity contribution < 1.29 is 43.0 Å². The smallest absolute Gasteiger partial charge is 0.280 e. The number of nitrogens with one attached hydrogen (secondary N) is 1. The summed E-state index contributed by atoms with van der Waals surface area (Å²) in [6.07, 6.45) is -4.91. The molecule has 156 valence electrons. The molecule has 2 aromatic rings. The van der Waals surface area contributed by atoms with Crippen LogP contribution in [0.3, 0.4) is 0 Å². The van der Waals surface area contributed by atoms with Crippen molar-refractivity contribution in [3.05, 3.63) is 16.7 Å². The van der Waals surface area contributed by atoms with Crippen molar-refractivity contribution in [3.8, 4) is 0 Å². The maximum absolute atomic E-state index is 11.8. The molecule has 18 heteroatoms. The van der Waals surface area contributed by atoms with E-state index in [4.69, 9.17) is 10.5 Å². The Kier molecular flexibility index (Phi) is 5.75. The normalized spacial score (nSPS) is 27.9. The molecular weight excluding hydrogens is 444 g/mol. The number of nitrogen functional groups attached to an aromatic ring is 1. The van der Waals surface area contributed by atoms with E-state index in [1.165, 1.54) is 0 Å². The first-order valence-electron chi connectivity index (χ1n) is 7.31. The standard InChI is InChI=1S/C10H15N5O10P2S/c11-10-13-7-4(8(18)14-10)12-2-15(7)9-6(17)5(16)3(24-9)1-23-26(19,20)25-27(21,22)28/h2-3,5-6,9,16-17H,1H2,(H,19,20)(H2,21,22,28)(H3,11,13,14,18)/p-3. The summed E-state index contributed by atoms with van der Waals surface area (Å²) in [7, 11) is -5.34. The molecular formula is C10H12N5O10P2S-3. The molecule has 0 bridgehead atoms. The molecule has 1 saturated heterocycles. The number of nitrogens with zero attached hydrogens (tertiary/aromatic N) is 3. The number of aliphatic hydroxyl groups excluding tert-OH is 2. The molecule has 0 radical (unpaired) electrons. The molecule has 1 aliphatic rings. The zero-order valence-corrected chi connectivity index (χ0v) is 16.1. The van der Waals surface area contributed by atoms with E-state index < -0.39 is 51.2 Å². The number of hydrogen-bond acceptors (Lipinski definition) is 14. The molecule has 28 heavy (non-hydrogen) atoms. The SMILES string of the molecule is Nc1nc2c(ncn2C2OC(COP(=O)([O-])OP([O-])([O-])=S)C(O)C2O)c(=O)[nH]1. The maximum atomic E-state index is 11.8. The second-order valence-corrected chi connectivity index (χ2v) is 9.64. The molecule has 5 N–H and O–H groups in total. The molecule has 1 fully saturated rings. The van der Waals surface area contributed by atoms with Gasteiger partial charge in [0.05, 0.1) is 12.9 Å². The van der Waals surface area contributed by atoms with Gasteiger partial charge in [0.1, 0.15) is 18.3 Å². The quantitative estimate of drug-likeness (QED) is 0.301. The molecule has 15 nitrogen and oxygen atoms in total. The van der Waals surface area contributed by atoms with Crippen LogP contribution in [-0.2, 0) is 29.9 Å². The molecule has 3 heterocycles. The Morgan fingerprint density at radius 1 is 1.39 bits per heavy atom. The molecule has 0 amide bonds. The average molecular weight is 456 g/mol. The summed E-state index contributed by atoms with van der Waals surface area (Å²) in [4.78, 5) is 54.6. The Hall–Kier alpha value is -1.29. The first-order chi connectivity index (χ1) is 12.9. The summed E-state index contributed by atoms with van der Waals surface area (Å²) in [6, 6.07) is 0. The number of anilines is 1. The third kappa shape index (κ3) is 4.48. The van der Waals surface area contributed by atoms with Gasteiger partial charge in [-0.1, -0.05) is 6.72 Å². The summed E-state index contributed by atoms with van der Waals surface area (Å²) in [5, 5.41) is 20.3. The Morgan fingerprint density at radius 2 is 2.07 bits per heavy atom. The number of ether oxygens (including phenoxy) is 1. The minimum Gasteiger partial charge on any atom is -0.812 e. The van der Waals surface area contributed by atoms with Crippen molar-refractivity contribution in [1.29, 1.82) is 0 Å². The number of phosphoric acid groups is 1. The molecule has 2 aromatic heterocycles. The zero-order chi connectivity index (χ0) is 20.9. The van der Waals surface area contributed by atoms with Gasteiger partial charge in [-0.15, -0.1) is 11.8 Å². The number of imidazole rings is 1. The third-order valence-electron chi connectivity index (χ3n) is 3.66. The lowest BCUT2D eigenvalue weighted by molar-refractivity contribution is -0.320.